The Morgan fingerprint density at radius 1 is 0.963 bits per heavy atom. The average molecular weight is 446 g/mol. The van der Waals surface area contributed by atoms with Gasteiger partial charge in [0.2, 0.25) is 0 Å². The highest BCUT2D eigenvalue weighted by Gasteiger charge is 2.24. The summed E-state index contributed by atoms with van der Waals surface area (Å²) in [7, 11) is 0. The van der Waals surface area contributed by atoms with Crippen molar-refractivity contribution in [2.45, 2.75) is 13.8 Å². The zero-order chi connectivity index (χ0) is 19.6. The van der Waals surface area contributed by atoms with Gasteiger partial charge in [-0.2, -0.15) is 0 Å². The highest BCUT2D eigenvalue weighted by atomic mass is 79.9. The van der Waals surface area contributed by atoms with E-state index in [4.69, 9.17) is 11.6 Å². The number of aryl methyl sites for hydroxylation is 2. The lowest BCUT2D eigenvalue weighted by Gasteiger charge is -2.27. The molecular weight excluding hydrogens is 428 g/mol. The summed E-state index contributed by atoms with van der Waals surface area (Å²) in [6.07, 6.45) is 0. The van der Waals surface area contributed by atoms with E-state index in [1.54, 1.807) is 53.2 Å². The third kappa shape index (κ3) is 4.15. The van der Waals surface area contributed by atoms with Crippen LogP contribution in [0.3, 0.4) is 0 Å². The molecule has 4 nitrogen and oxygen atoms in total. The molecule has 0 aliphatic rings. The Kier molecular flexibility index (Phi) is 5.82. The molecule has 27 heavy (non-hydrogen) atoms. The Morgan fingerprint density at radius 3 is 2.15 bits per heavy atom. The van der Waals surface area contributed by atoms with E-state index in [9.17, 15) is 9.59 Å². The molecule has 0 saturated carbocycles. The molecule has 138 valence electrons. The largest absolute Gasteiger partial charge is 0.292 e. The van der Waals surface area contributed by atoms with Crippen LogP contribution in [0.1, 0.15) is 32.1 Å². The van der Waals surface area contributed by atoms with Crippen molar-refractivity contribution in [1.82, 2.24) is 4.68 Å². The number of nitrogens with zero attached hydrogens (tertiary/aromatic N) is 2. The summed E-state index contributed by atoms with van der Waals surface area (Å²) in [5, 5.41) is 1.79. The summed E-state index contributed by atoms with van der Waals surface area (Å²) in [6, 6.07) is 17.7. The highest BCUT2D eigenvalue weighted by molar-refractivity contribution is 9.10. The average Bonchev–Trinajstić information content (AvgIpc) is 2.98. The number of hydrogen-bond acceptors (Lipinski definition) is 2. The van der Waals surface area contributed by atoms with E-state index in [2.05, 4.69) is 15.9 Å². The summed E-state index contributed by atoms with van der Waals surface area (Å²) in [4.78, 5) is 26.1. The van der Waals surface area contributed by atoms with Crippen molar-refractivity contribution in [2.24, 2.45) is 0 Å². The lowest BCUT2D eigenvalue weighted by molar-refractivity contribution is 0.0908. The summed E-state index contributed by atoms with van der Waals surface area (Å²) < 4.78 is 2.64. The maximum absolute atomic E-state index is 13.3. The number of carbonyl (C=O) groups is 2. The summed E-state index contributed by atoms with van der Waals surface area (Å²) in [5.74, 6) is -0.483. The summed E-state index contributed by atoms with van der Waals surface area (Å²) in [6.45, 7) is 3.69. The molecule has 0 N–H and O–H groups in total. The van der Waals surface area contributed by atoms with E-state index in [1.807, 2.05) is 26.0 Å². The van der Waals surface area contributed by atoms with E-state index in [-0.39, 0.29) is 18.2 Å². The number of carbonyl (C=O) groups excluding carboxylic acids is 2. The number of halogens is 2. The molecule has 0 saturated heterocycles. The van der Waals surface area contributed by atoms with E-state index < -0.39 is 0 Å². The van der Waals surface area contributed by atoms with E-state index in [0.717, 1.165) is 15.9 Å². The van der Waals surface area contributed by atoms with Gasteiger partial charge in [-0.3, -0.25) is 14.3 Å². The Bertz CT molecular complexity index is 976. The fourth-order valence-corrected chi connectivity index (χ4v) is 3.39. The topological polar surface area (TPSA) is 42.3 Å². The van der Waals surface area contributed by atoms with Crippen LogP contribution in [0, 0.1) is 13.8 Å². The molecule has 0 fully saturated rings. The zero-order valence-corrected chi connectivity index (χ0v) is 17.3. The van der Waals surface area contributed by atoms with Crippen molar-refractivity contribution in [3.05, 3.63) is 92.7 Å². The monoisotopic (exact) mass is 444 g/mol. The lowest BCUT2D eigenvalue weighted by Crippen LogP contribution is -2.45. The van der Waals surface area contributed by atoms with Crippen molar-refractivity contribution in [3.63, 3.8) is 0 Å². The van der Waals surface area contributed by atoms with Crippen molar-refractivity contribution >= 4 is 39.2 Å². The van der Waals surface area contributed by atoms with Crippen LogP contribution in [0.25, 0.3) is 0 Å². The molecule has 0 aliphatic heterocycles. The number of Topliss-reactive ketones (excluding diaryl/α,β-unsaturated/α-hetero) is 1. The first-order chi connectivity index (χ1) is 12.9. The molecule has 6 heteroatoms. The third-order valence-corrected chi connectivity index (χ3v) is 5.13. The fourth-order valence-electron chi connectivity index (χ4n) is 2.91. The first-order valence-corrected chi connectivity index (χ1v) is 9.56. The molecule has 3 rings (SSSR count). The molecule has 2 aromatic carbocycles. The number of benzene rings is 2. The molecule has 0 unspecified atom stereocenters. The van der Waals surface area contributed by atoms with Crippen LogP contribution in [-0.4, -0.2) is 22.9 Å². The molecule has 0 radical (unpaired) electrons. The van der Waals surface area contributed by atoms with Gasteiger partial charge in [-0.05, 0) is 50.2 Å². The summed E-state index contributed by atoms with van der Waals surface area (Å²) >= 11 is 9.59. The Morgan fingerprint density at radius 2 is 1.56 bits per heavy atom. The Balaban J connectivity index is 2.00. The number of rotatable bonds is 5. The molecule has 0 bridgehead atoms. The molecule has 1 amide bonds. The zero-order valence-electron chi connectivity index (χ0n) is 14.9. The molecule has 0 spiro atoms. The SMILES string of the molecule is Cc1ccc(C)n1N(CC(=O)c1ccc(Br)cc1)C(=O)c1ccccc1Cl. The highest BCUT2D eigenvalue weighted by Crippen LogP contribution is 2.19. The van der Waals surface area contributed by atoms with Gasteiger partial charge < -0.3 is 0 Å². The summed E-state index contributed by atoms with van der Waals surface area (Å²) in [5.41, 5.74) is 2.61. The van der Waals surface area contributed by atoms with Gasteiger partial charge in [-0.25, -0.2) is 5.01 Å². The van der Waals surface area contributed by atoms with Crippen molar-refractivity contribution in [2.75, 3.05) is 11.6 Å². The van der Waals surface area contributed by atoms with Gasteiger partial charge in [0.15, 0.2) is 5.78 Å². The van der Waals surface area contributed by atoms with Gasteiger partial charge in [0.05, 0.1) is 10.6 Å². The number of hydrogen-bond donors (Lipinski definition) is 0. The molecule has 1 heterocycles. The number of aromatic nitrogens is 1. The molecular formula is C21H18BrClN2O2. The number of ketones is 1. The first kappa shape index (κ1) is 19.4. The van der Waals surface area contributed by atoms with Gasteiger partial charge in [0.1, 0.15) is 6.54 Å². The Labute approximate surface area is 171 Å². The normalized spacial score (nSPS) is 10.7. The smallest absolute Gasteiger partial charge is 0.274 e. The van der Waals surface area contributed by atoms with Crippen LogP contribution in [0.5, 0.6) is 0 Å². The quantitative estimate of drug-likeness (QED) is 0.508. The van der Waals surface area contributed by atoms with Gasteiger partial charge in [0.25, 0.3) is 5.91 Å². The van der Waals surface area contributed by atoms with E-state index in [0.29, 0.717) is 16.1 Å². The predicted molar refractivity (Wildman–Crippen MR) is 111 cm³/mol. The standard InChI is InChI=1S/C21H18BrClN2O2/c1-14-7-8-15(2)25(14)24(21(27)18-5-3-4-6-19(18)23)13-20(26)16-9-11-17(22)12-10-16/h3-12H,13H2,1-2H3. The van der Waals surface area contributed by atoms with Crippen LogP contribution in [0.2, 0.25) is 5.02 Å². The minimum absolute atomic E-state index is 0.0952. The van der Waals surface area contributed by atoms with Crippen molar-refractivity contribution < 1.29 is 9.59 Å². The van der Waals surface area contributed by atoms with E-state index >= 15 is 0 Å². The van der Waals surface area contributed by atoms with Crippen LogP contribution in [-0.2, 0) is 0 Å². The fraction of sp³-hybridized carbons (Fsp3) is 0.143. The van der Waals surface area contributed by atoms with Gasteiger partial charge in [-0.15, -0.1) is 0 Å². The van der Waals surface area contributed by atoms with Crippen LogP contribution < -0.4 is 5.01 Å². The minimum Gasteiger partial charge on any atom is -0.292 e. The second-order valence-corrected chi connectivity index (χ2v) is 7.52. The van der Waals surface area contributed by atoms with Gasteiger partial charge >= 0.3 is 0 Å². The van der Waals surface area contributed by atoms with Crippen molar-refractivity contribution in [3.8, 4) is 0 Å². The van der Waals surface area contributed by atoms with Crippen LogP contribution >= 0.6 is 27.5 Å². The molecule has 3 aromatic rings. The second-order valence-electron chi connectivity index (χ2n) is 6.20. The van der Waals surface area contributed by atoms with Crippen LogP contribution in [0.15, 0.2) is 65.1 Å². The maximum atomic E-state index is 13.3. The molecule has 1 aromatic heterocycles. The molecule has 0 atom stereocenters. The van der Waals surface area contributed by atoms with Crippen LogP contribution in [0.4, 0.5) is 0 Å². The maximum Gasteiger partial charge on any atom is 0.274 e. The minimum atomic E-state index is -0.325. The predicted octanol–water partition coefficient (Wildman–Crippen LogP) is 5.18. The first-order valence-electron chi connectivity index (χ1n) is 8.39. The third-order valence-electron chi connectivity index (χ3n) is 4.27. The lowest BCUT2D eigenvalue weighted by atomic mass is 10.1. The second kappa shape index (κ2) is 8.11. The van der Waals surface area contributed by atoms with E-state index in [1.165, 1.54) is 5.01 Å². The van der Waals surface area contributed by atoms with Crippen molar-refractivity contribution in [1.29, 1.82) is 0 Å². The van der Waals surface area contributed by atoms with Gasteiger partial charge in [-0.1, -0.05) is 51.8 Å². The number of amides is 1. The van der Waals surface area contributed by atoms with Gasteiger partial charge in [0, 0.05) is 21.4 Å². The Hall–Kier alpha value is -2.37. The molecule has 0 aliphatic carbocycles.